The Kier molecular flexibility index (Phi) is 5.36. The van der Waals surface area contributed by atoms with Crippen molar-refractivity contribution in [1.82, 2.24) is 0 Å². The lowest BCUT2D eigenvalue weighted by atomic mass is 9.84. The number of carbonyl (C=O) groups excluding carboxylic acids is 1. The lowest BCUT2D eigenvalue weighted by molar-refractivity contribution is -0.116. The topological polar surface area (TPSA) is 75.4 Å². The molecule has 0 atom stereocenters. The zero-order chi connectivity index (χ0) is 14.5. The van der Waals surface area contributed by atoms with Crippen molar-refractivity contribution in [2.45, 2.75) is 40.0 Å². The summed E-state index contributed by atoms with van der Waals surface area (Å²) in [5, 5.41) is 12.6. The van der Waals surface area contributed by atoms with Crippen molar-refractivity contribution < 1.29 is 9.90 Å². The number of phenols is 1. The van der Waals surface area contributed by atoms with E-state index in [9.17, 15) is 9.90 Å². The lowest BCUT2D eigenvalue weighted by Gasteiger charge is -2.23. The van der Waals surface area contributed by atoms with Crippen LogP contribution in [0.3, 0.4) is 0 Å². The van der Waals surface area contributed by atoms with Crippen LogP contribution in [0.4, 0.5) is 5.69 Å². The molecule has 0 radical (unpaired) electrons. The van der Waals surface area contributed by atoms with Crippen molar-refractivity contribution in [1.29, 1.82) is 0 Å². The number of nitrogens with one attached hydrogen (secondary N) is 1. The van der Waals surface area contributed by atoms with E-state index in [2.05, 4.69) is 19.2 Å². The van der Waals surface area contributed by atoms with Crippen molar-refractivity contribution in [3.8, 4) is 5.75 Å². The number of anilines is 1. The summed E-state index contributed by atoms with van der Waals surface area (Å²) < 4.78 is 0. The van der Waals surface area contributed by atoms with Gasteiger partial charge in [-0.1, -0.05) is 26.0 Å². The van der Waals surface area contributed by atoms with Crippen molar-refractivity contribution in [2.75, 3.05) is 11.9 Å². The number of nitrogens with two attached hydrogens (primary N) is 1. The number of amides is 1. The van der Waals surface area contributed by atoms with E-state index >= 15 is 0 Å². The average molecular weight is 264 g/mol. The molecule has 4 N–H and O–H groups in total. The molecule has 0 heterocycles. The summed E-state index contributed by atoms with van der Waals surface area (Å²) in [4.78, 5) is 11.9. The molecular formula is C15H24N2O2. The Morgan fingerprint density at radius 3 is 2.68 bits per heavy atom. The smallest absolute Gasteiger partial charge is 0.224 e. The van der Waals surface area contributed by atoms with Crippen LogP contribution in [-0.2, 0) is 4.79 Å². The van der Waals surface area contributed by atoms with Gasteiger partial charge in [0.15, 0.2) is 0 Å². The predicted molar refractivity (Wildman–Crippen MR) is 78.2 cm³/mol. The third-order valence-corrected chi connectivity index (χ3v) is 3.36. The first kappa shape index (κ1) is 15.5. The van der Waals surface area contributed by atoms with Crippen LogP contribution in [0.15, 0.2) is 18.2 Å². The molecular weight excluding hydrogens is 240 g/mol. The van der Waals surface area contributed by atoms with E-state index in [0.29, 0.717) is 18.7 Å². The van der Waals surface area contributed by atoms with Crippen LogP contribution >= 0.6 is 0 Å². The summed E-state index contributed by atoms with van der Waals surface area (Å²) >= 11 is 0. The second-order valence-corrected chi connectivity index (χ2v) is 5.72. The SMILES string of the molecule is Cc1cccc(NC(=O)CCC(C)(C)CCN)c1O. The minimum absolute atomic E-state index is 0.0702. The molecule has 0 aliphatic rings. The second kappa shape index (κ2) is 6.57. The number of carbonyl (C=O) groups is 1. The number of hydrogen-bond donors (Lipinski definition) is 3. The molecule has 4 heteroatoms. The number of aryl methyl sites for hydroxylation is 1. The van der Waals surface area contributed by atoms with Crippen molar-refractivity contribution in [3.05, 3.63) is 23.8 Å². The summed E-state index contributed by atoms with van der Waals surface area (Å²) in [6.45, 7) is 6.65. The highest BCUT2D eigenvalue weighted by Crippen LogP contribution is 2.28. The van der Waals surface area contributed by atoms with Gasteiger partial charge in [0.25, 0.3) is 0 Å². The number of rotatable bonds is 6. The molecule has 1 aromatic carbocycles. The van der Waals surface area contributed by atoms with Gasteiger partial charge < -0.3 is 16.2 Å². The molecule has 0 saturated heterocycles. The molecule has 0 spiro atoms. The van der Waals surface area contributed by atoms with Crippen LogP contribution < -0.4 is 11.1 Å². The Labute approximate surface area is 115 Å². The Morgan fingerprint density at radius 1 is 1.37 bits per heavy atom. The van der Waals surface area contributed by atoms with Gasteiger partial charge in [0, 0.05) is 6.42 Å². The number of para-hydroxylation sites is 1. The van der Waals surface area contributed by atoms with Crippen LogP contribution in [0.5, 0.6) is 5.75 Å². The zero-order valence-corrected chi connectivity index (χ0v) is 12.0. The summed E-state index contributed by atoms with van der Waals surface area (Å²) in [5.74, 6) is 0.0584. The quantitative estimate of drug-likeness (QED) is 0.691. The van der Waals surface area contributed by atoms with E-state index in [1.165, 1.54) is 0 Å². The van der Waals surface area contributed by atoms with E-state index < -0.39 is 0 Å². The standard InChI is InChI=1S/C15H24N2O2/c1-11-5-4-6-12(14(11)19)17-13(18)7-8-15(2,3)9-10-16/h4-6,19H,7-10,16H2,1-3H3,(H,17,18). The fourth-order valence-corrected chi connectivity index (χ4v) is 1.94. The maximum Gasteiger partial charge on any atom is 0.224 e. The van der Waals surface area contributed by atoms with Gasteiger partial charge in [-0.2, -0.15) is 0 Å². The highest BCUT2D eigenvalue weighted by Gasteiger charge is 2.18. The molecule has 0 aromatic heterocycles. The van der Waals surface area contributed by atoms with Gasteiger partial charge in [-0.3, -0.25) is 4.79 Å². The molecule has 0 bridgehead atoms. The normalized spacial score (nSPS) is 11.4. The molecule has 1 amide bonds. The minimum Gasteiger partial charge on any atom is -0.505 e. The molecule has 1 aromatic rings. The second-order valence-electron chi connectivity index (χ2n) is 5.72. The maximum atomic E-state index is 11.9. The predicted octanol–water partition coefficient (Wildman–Crippen LogP) is 2.79. The Hall–Kier alpha value is -1.55. The van der Waals surface area contributed by atoms with Crippen molar-refractivity contribution >= 4 is 11.6 Å². The molecule has 0 saturated carbocycles. The first-order valence-electron chi connectivity index (χ1n) is 6.64. The monoisotopic (exact) mass is 264 g/mol. The fraction of sp³-hybridized carbons (Fsp3) is 0.533. The van der Waals surface area contributed by atoms with Crippen molar-refractivity contribution in [3.63, 3.8) is 0 Å². The largest absolute Gasteiger partial charge is 0.505 e. The summed E-state index contributed by atoms with van der Waals surface area (Å²) in [6.07, 6.45) is 2.11. The van der Waals surface area contributed by atoms with Gasteiger partial charge in [-0.25, -0.2) is 0 Å². The van der Waals surface area contributed by atoms with Crippen LogP contribution in [0.25, 0.3) is 0 Å². The first-order valence-corrected chi connectivity index (χ1v) is 6.64. The van der Waals surface area contributed by atoms with Crippen LogP contribution in [-0.4, -0.2) is 17.6 Å². The minimum atomic E-state index is -0.0778. The molecule has 106 valence electrons. The van der Waals surface area contributed by atoms with Gasteiger partial charge in [0.1, 0.15) is 5.75 Å². The summed E-state index contributed by atoms with van der Waals surface area (Å²) in [6, 6.07) is 5.31. The number of aromatic hydroxyl groups is 1. The average Bonchev–Trinajstić information content (AvgIpc) is 2.33. The molecule has 0 aliphatic carbocycles. The Morgan fingerprint density at radius 2 is 2.05 bits per heavy atom. The van der Waals surface area contributed by atoms with Crippen LogP contribution in [0.1, 0.15) is 38.7 Å². The number of benzene rings is 1. The molecule has 1 rings (SSSR count). The third kappa shape index (κ3) is 4.91. The first-order chi connectivity index (χ1) is 8.85. The molecule has 4 nitrogen and oxygen atoms in total. The van der Waals surface area contributed by atoms with Gasteiger partial charge >= 0.3 is 0 Å². The fourth-order valence-electron chi connectivity index (χ4n) is 1.94. The zero-order valence-electron chi connectivity index (χ0n) is 12.0. The van der Waals surface area contributed by atoms with Crippen molar-refractivity contribution in [2.24, 2.45) is 11.1 Å². The van der Waals surface area contributed by atoms with E-state index in [-0.39, 0.29) is 17.1 Å². The van der Waals surface area contributed by atoms with Crippen LogP contribution in [0.2, 0.25) is 0 Å². The van der Waals surface area contributed by atoms with Gasteiger partial charge in [0.05, 0.1) is 5.69 Å². The Balaban J connectivity index is 2.54. The van der Waals surface area contributed by atoms with Gasteiger partial charge in [-0.05, 0) is 43.4 Å². The highest BCUT2D eigenvalue weighted by molar-refractivity contribution is 5.92. The van der Waals surface area contributed by atoms with Gasteiger partial charge in [-0.15, -0.1) is 0 Å². The Bertz CT molecular complexity index is 442. The molecule has 0 unspecified atom stereocenters. The summed E-state index contributed by atoms with van der Waals surface area (Å²) in [5.41, 5.74) is 6.84. The van der Waals surface area contributed by atoms with E-state index in [1.54, 1.807) is 19.1 Å². The highest BCUT2D eigenvalue weighted by atomic mass is 16.3. The van der Waals surface area contributed by atoms with Gasteiger partial charge in [0.2, 0.25) is 5.91 Å². The van der Waals surface area contributed by atoms with E-state index in [1.807, 2.05) is 6.07 Å². The van der Waals surface area contributed by atoms with Crippen LogP contribution in [0, 0.1) is 12.3 Å². The lowest BCUT2D eigenvalue weighted by Crippen LogP contribution is -2.20. The molecule has 0 aliphatic heterocycles. The van der Waals surface area contributed by atoms with E-state index in [4.69, 9.17) is 5.73 Å². The number of hydrogen-bond acceptors (Lipinski definition) is 3. The number of phenolic OH excluding ortho intramolecular Hbond substituents is 1. The molecule has 19 heavy (non-hydrogen) atoms. The summed E-state index contributed by atoms with van der Waals surface area (Å²) in [7, 11) is 0. The third-order valence-electron chi connectivity index (χ3n) is 3.36. The maximum absolute atomic E-state index is 11.9. The molecule has 0 fully saturated rings. The van der Waals surface area contributed by atoms with E-state index in [0.717, 1.165) is 18.4 Å².